The largest absolute Gasteiger partial charge is 0.493 e. The van der Waals surface area contributed by atoms with Gasteiger partial charge in [-0.3, -0.25) is 4.84 Å². The van der Waals surface area contributed by atoms with Crippen LogP contribution in [0.1, 0.15) is 23.1 Å². The number of allylic oxidation sites excluding steroid dienone is 1. The molecule has 152 valence electrons. The van der Waals surface area contributed by atoms with Crippen LogP contribution in [0.4, 0.5) is 4.79 Å². The standard InChI is InChI=1S/C22H23BrN2O4/c1-27-20-13-17-10-12-25(15-18(17)14-21(20)28-2)22(26)29-24-11-4-3-5-16-6-8-19(23)9-7-16/h3,5-9,11,13-14H,4,10,12,15H2,1-2H3/b5-3+,24-11+. The molecule has 0 spiro atoms. The van der Waals surface area contributed by atoms with Gasteiger partial charge in [0.05, 0.1) is 14.2 Å². The summed E-state index contributed by atoms with van der Waals surface area (Å²) < 4.78 is 11.7. The van der Waals surface area contributed by atoms with Crippen molar-refractivity contribution < 1.29 is 19.1 Å². The number of carbonyl (C=O) groups excluding carboxylic acids is 1. The lowest BCUT2D eigenvalue weighted by molar-refractivity contribution is 0.101. The quantitative estimate of drug-likeness (QED) is 0.345. The minimum absolute atomic E-state index is 0.452. The zero-order chi connectivity index (χ0) is 20.6. The Kier molecular flexibility index (Phi) is 7.30. The SMILES string of the molecule is COc1cc2c(cc1OC)CN(C(=O)O/N=C/C/C=C/c1ccc(Br)cc1)CC2. The summed E-state index contributed by atoms with van der Waals surface area (Å²) in [5, 5.41) is 3.79. The molecule has 0 N–H and O–H groups in total. The summed E-state index contributed by atoms with van der Waals surface area (Å²) in [4.78, 5) is 18.9. The number of hydrogen-bond donors (Lipinski definition) is 0. The van der Waals surface area contributed by atoms with Gasteiger partial charge >= 0.3 is 6.09 Å². The fourth-order valence-electron chi connectivity index (χ4n) is 3.06. The lowest BCUT2D eigenvalue weighted by atomic mass is 9.99. The zero-order valence-electron chi connectivity index (χ0n) is 16.4. The Bertz CT molecular complexity index is 910. The summed E-state index contributed by atoms with van der Waals surface area (Å²) >= 11 is 3.41. The summed E-state index contributed by atoms with van der Waals surface area (Å²) in [6, 6.07) is 11.9. The molecule has 0 saturated heterocycles. The maximum absolute atomic E-state index is 12.3. The summed E-state index contributed by atoms with van der Waals surface area (Å²) in [7, 11) is 3.21. The summed E-state index contributed by atoms with van der Waals surface area (Å²) in [6.07, 6.45) is 6.35. The third-order valence-electron chi connectivity index (χ3n) is 4.60. The van der Waals surface area contributed by atoms with E-state index in [-0.39, 0.29) is 0 Å². The third-order valence-corrected chi connectivity index (χ3v) is 5.13. The molecule has 1 heterocycles. The second-order valence-electron chi connectivity index (χ2n) is 6.48. The van der Waals surface area contributed by atoms with Crippen LogP contribution in [0.5, 0.6) is 11.5 Å². The van der Waals surface area contributed by atoms with Gasteiger partial charge in [0.15, 0.2) is 11.5 Å². The molecule has 29 heavy (non-hydrogen) atoms. The molecule has 0 radical (unpaired) electrons. The highest BCUT2D eigenvalue weighted by molar-refractivity contribution is 9.10. The van der Waals surface area contributed by atoms with E-state index in [0.29, 0.717) is 31.0 Å². The smallest absolute Gasteiger partial charge is 0.436 e. The first-order chi connectivity index (χ1) is 14.1. The zero-order valence-corrected chi connectivity index (χ0v) is 18.0. The van der Waals surface area contributed by atoms with E-state index in [1.807, 2.05) is 48.6 Å². The molecule has 1 amide bonds. The predicted molar refractivity (Wildman–Crippen MR) is 116 cm³/mol. The first kappa shape index (κ1) is 20.9. The maximum atomic E-state index is 12.3. The molecule has 0 aromatic heterocycles. The second-order valence-corrected chi connectivity index (χ2v) is 7.40. The number of ether oxygens (including phenoxy) is 2. The first-order valence-corrected chi connectivity index (χ1v) is 10.0. The number of benzene rings is 2. The van der Waals surface area contributed by atoms with E-state index >= 15 is 0 Å². The van der Waals surface area contributed by atoms with Gasteiger partial charge in [0, 0.05) is 30.2 Å². The van der Waals surface area contributed by atoms with E-state index in [1.165, 1.54) is 0 Å². The Morgan fingerprint density at radius 1 is 1.14 bits per heavy atom. The molecule has 2 aromatic carbocycles. The summed E-state index contributed by atoms with van der Waals surface area (Å²) in [5.41, 5.74) is 3.26. The van der Waals surface area contributed by atoms with Crippen LogP contribution < -0.4 is 9.47 Å². The maximum Gasteiger partial charge on any atom is 0.436 e. The Hall–Kier alpha value is -2.80. The van der Waals surface area contributed by atoms with Crippen molar-refractivity contribution >= 4 is 34.3 Å². The highest BCUT2D eigenvalue weighted by Gasteiger charge is 2.24. The molecule has 0 atom stereocenters. The Balaban J connectivity index is 1.50. The number of methoxy groups -OCH3 is 2. The van der Waals surface area contributed by atoms with Gasteiger partial charge in [-0.05, 0) is 47.4 Å². The topological polar surface area (TPSA) is 60.4 Å². The van der Waals surface area contributed by atoms with Gasteiger partial charge in [-0.15, -0.1) is 0 Å². The van der Waals surface area contributed by atoms with Gasteiger partial charge in [0.1, 0.15) is 0 Å². The van der Waals surface area contributed by atoms with Crippen LogP contribution in [0.25, 0.3) is 6.08 Å². The summed E-state index contributed by atoms with van der Waals surface area (Å²) in [5.74, 6) is 1.35. The number of nitrogens with zero attached hydrogens (tertiary/aromatic N) is 2. The molecule has 0 saturated carbocycles. The number of halogens is 1. The number of oxime groups is 1. The van der Waals surface area contributed by atoms with E-state index in [4.69, 9.17) is 14.3 Å². The van der Waals surface area contributed by atoms with Gasteiger partial charge in [0.25, 0.3) is 0 Å². The lowest BCUT2D eigenvalue weighted by Crippen LogP contribution is -2.35. The first-order valence-electron chi connectivity index (χ1n) is 9.24. The molecule has 0 unspecified atom stereocenters. The van der Waals surface area contributed by atoms with Crippen LogP contribution in [0.2, 0.25) is 0 Å². The highest BCUT2D eigenvalue weighted by atomic mass is 79.9. The number of carbonyl (C=O) groups is 1. The van der Waals surface area contributed by atoms with Crippen molar-refractivity contribution in [3.8, 4) is 11.5 Å². The normalized spacial score (nSPS) is 13.6. The van der Waals surface area contributed by atoms with E-state index in [0.717, 1.165) is 27.6 Å². The van der Waals surface area contributed by atoms with Crippen molar-refractivity contribution in [2.45, 2.75) is 19.4 Å². The molecule has 1 aliphatic heterocycles. The van der Waals surface area contributed by atoms with Crippen LogP contribution in [0.3, 0.4) is 0 Å². The van der Waals surface area contributed by atoms with Gasteiger partial charge in [-0.25, -0.2) is 4.79 Å². The van der Waals surface area contributed by atoms with Crippen molar-refractivity contribution in [1.29, 1.82) is 0 Å². The van der Waals surface area contributed by atoms with Gasteiger partial charge in [-0.2, -0.15) is 0 Å². The number of amides is 1. The molecular formula is C22H23BrN2O4. The second kappa shape index (κ2) is 10.1. The van der Waals surface area contributed by atoms with Crippen LogP contribution >= 0.6 is 15.9 Å². The minimum atomic E-state index is -0.460. The van der Waals surface area contributed by atoms with Gasteiger partial charge < -0.3 is 14.4 Å². The molecule has 0 aliphatic carbocycles. The average molecular weight is 459 g/mol. The van der Waals surface area contributed by atoms with Crippen molar-refractivity contribution in [1.82, 2.24) is 4.90 Å². The van der Waals surface area contributed by atoms with Crippen LogP contribution in [-0.4, -0.2) is 38.0 Å². The number of fused-ring (bicyclic) bond motifs is 1. The molecule has 6 nitrogen and oxygen atoms in total. The van der Waals surface area contributed by atoms with Crippen molar-refractivity contribution in [3.63, 3.8) is 0 Å². The van der Waals surface area contributed by atoms with E-state index in [2.05, 4.69) is 21.1 Å². The van der Waals surface area contributed by atoms with E-state index in [9.17, 15) is 4.79 Å². The van der Waals surface area contributed by atoms with E-state index < -0.39 is 6.09 Å². The predicted octanol–water partition coefficient (Wildman–Crippen LogP) is 5.05. The molecule has 1 aliphatic rings. The minimum Gasteiger partial charge on any atom is -0.493 e. The lowest BCUT2D eigenvalue weighted by Gasteiger charge is -2.27. The molecule has 7 heteroatoms. The van der Waals surface area contributed by atoms with Crippen LogP contribution in [0.15, 0.2) is 52.1 Å². The van der Waals surface area contributed by atoms with Crippen LogP contribution in [-0.2, 0) is 17.8 Å². The highest BCUT2D eigenvalue weighted by Crippen LogP contribution is 2.33. The Morgan fingerprint density at radius 3 is 2.52 bits per heavy atom. The summed E-state index contributed by atoms with van der Waals surface area (Å²) in [6.45, 7) is 1.02. The molecule has 0 bridgehead atoms. The van der Waals surface area contributed by atoms with Crippen molar-refractivity contribution in [3.05, 3.63) is 63.6 Å². The average Bonchev–Trinajstić information content (AvgIpc) is 2.75. The monoisotopic (exact) mass is 458 g/mol. The third kappa shape index (κ3) is 5.60. The molecule has 0 fully saturated rings. The van der Waals surface area contributed by atoms with Gasteiger partial charge in [0.2, 0.25) is 0 Å². The Morgan fingerprint density at radius 2 is 1.83 bits per heavy atom. The van der Waals surface area contributed by atoms with Crippen molar-refractivity contribution in [2.24, 2.45) is 5.16 Å². The molecular weight excluding hydrogens is 436 g/mol. The molecule has 2 aromatic rings. The number of rotatable bonds is 6. The van der Waals surface area contributed by atoms with E-state index in [1.54, 1.807) is 25.3 Å². The van der Waals surface area contributed by atoms with Crippen molar-refractivity contribution in [2.75, 3.05) is 20.8 Å². The fourth-order valence-corrected chi connectivity index (χ4v) is 3.33. The fraction of sp³-hybridized carbons (Fsp3) is 0.273. The molecule has 3 rings (SSSR count). The van der Waals surface area contributed by atoms with Crippen LogP contribution in [0, 0.1) is 0 Å². The van der Waals surface area contributed by atoms with Gasteiger partial charge in [-0.1, -0.05) is 45.4 Å². The Labute approximate surface area is 178 Å². The number of hydrogen-bond acceptors (Lipinski definition) is 5.